The topological polar surface area (TPSA) is 78.4 Å². The molecule has 0 radical (unpaired) electrons. The highest BCUT2D eigenvalue weighted by Crippen LogP contribution is 2.18. The highest BCUT2D eigenvalue weighted by molar-refractivity contribution is 5.89. The van der Waals surface area contributed by atoms with Crippen molar-refractivity contribution in [2.45, 2.75) is 32.2 Å². The van der Waals surface area contributed by atoms with Gasteiger partial charge in [-0.2, -0.15) is 0 Å². The Morgan fingerprint density at radius 1 is 1.37 bits per heavy atom. The number of aromatic carboxylic acids is 1. The molecule has 0 heterocycles. The van der Waals surface area contributed by atoms with Crippen molar-refractivity contribution in [3.05, 3.63) is 29.3 Å². The Morgan fingerprint density at radius 3 is 2.68 bits per heavy atom. The van der Waals surface area contributed by atoms with E-state index in [9.17, 15) is 9.59 Å². The van der Waals surface area contributed by atoms with Crippen LogP contribution >= 0.6 is 0 Å². The number of benzene rings is 1. The van der Waals surface area contributed by atoms with Crippen LogP contribution in [0.25, 0.3) is 0 Å². The van der Waals surface area contributed by atoms with E-state index in [2.05, 4.69) is 10.6 Å². The maximum Gasteiger partial charge on any atom is 0.335 e. The summed E-state index contributed by atoms with van der Waals surface area (Å²) < 4.78 is 0. The molecule has 0 aromatic heterocycles. The average Bonchev–Trinajstić information content (AvgIpc) is 3.12. The molecule has 0 atom stereocenters. The lowest BCUT2D eigenvalue weighted by Gasteiger charge is -2.09. The summed E-state index contributed by atoms with van der Waals surface area (Å²) >= 11 is 0. The molecule has 2 rings (SSSR count). The quantitative estimate of drug-likeness (QED) is 0.730. The number of carboxylic acid groups (broad SMARTS) is 1. The molecule has 0 unspecified atom stereocenters. The number of carboxylic acids is 1. The lowest BCUT2D eigenvalue weighted by Crippen LogP contribution is -2.27. The van der Waals surface area contributed by atoms with Crippen LogP contribution in [-0.2, 0) is 4.79 Å². The summed E-state index contributed by atoms with van der Waals surface area (Å²) in [5, 5.41) is 15.0. The number of carbonyl (C=O) groups is 2. The van der Waals surface area contributed by atoms with E-state index < -0.39 is 5.97 Å². The van der Waals surface area contributed by atoms with Crippen LogP contribution in [-0.4, -0.2) is 29.6 Å². The highest BCUT2D eigenvalue weighted by Gasteiger charge is 2.22. The second kappa shape index (κ2) is 5.73. The van der Waals surface area contributed by atoms with Gasteiger partial charge < -0.3 is 15.7 Å². The maximum atomic E-state index is 11.5. The van der Waals surface area contributed by atoms with Gasteiger partial charge in [0.1, 0.15) is 0 Å². The molecule has 0 spiro atoms. The third-order valence-electron chi connectivity index (χ3n) is 3.08. The molecule has 1 aliphatic carbocycles. The van der Waals surface area contributed by atoms with Gasteiger partial charge in [0.15, 0.2) is 0 Å². The van der Waals surface area contributed by atoms with E-state index in [1.807, 2.05) is 0 Å². The van der Waals surface area contributed by atoms with Crippen LogP contribution in [0.1, 0.15) is 35.2 Å². The Hall–Kier alpha value is -2.04. The highest BCUT2D eigenvalue weighted by atomic mass is 16.4. The molecule has 0 bridgehead atoms. The third kappa shape index (κ3) is 3.98. The van der Waals surface area contributed by atoms with Crippen molar-refractivity contribution in [2.75, 3.05) is 11.9 Å². The largest absolute Gasteiger partial charge is 0.478 e. The van der Waals surface area contributed by atoms with Gasteiger partial charge in [-0.1, -0.05) is 0 Å². The minimum Gasteiger partial charge on any atom is -0.478 e. The Kier molecular flexibility index (Phi) is 4.04. The van der Waals surface area contributed by atoms with Crippen LogP contribution in [0.3, 0.4) is 0 Å². The van der Waals surface area contributed by atoms with Gasteiger partial charge in [-0.05, 0) is 43.5 Å². The van der Waals surface area contributed by atoms with E-state index in [0.717, 1.165) is 18.5 Å². The van der Waals surface area contributed by atoms with Crippen molar-refractivity contribution in [3.63, 3.8) is 0 Å². The summed E-state index contributed by atoms with van der Waals surface area (Å²) in [6, 6.07) is 5.46. The van der Waals surface area contributed by atoms with Gasteiger partial charge in [-0.15, -0.1) is 0 Å². The average molecular weight is 262 g/mol. The lowest BCUT2D eigenvalue weighted by molar-refractivity contribution is -0.120. The van der Waals surface area contributed by atoms with Gasteiger partial charge in [0.25, 0.3) is 0 Å². The van der Waals surface area contributed by atoms with Gasteiger partial charge >= 0.3 is 5.97 Å². The van der Waals surface area contributed by atoms with E-state index in [-0.39, 0.29) is 5.91 Å². The van der Waals surface area contributed by atoms with Gasteiger partial charge in [0.2, 0.25) is 5.91 Å². The number of hydrogen-bond donors (Lipinski definition) is 3. The van der Waals surface area contributed by atoms with Crippen molar-refractivity contribution in [1.82, 2.24) is 5.32 Å². The summed E-state index contributed by atoms with van der Waals surface area (Å²) in [4.78, 5) is 22.3. The SMILES string of the molecule is Cc1cc(NCCC(=O)NC2CC2)ccc1C(=O)O. The fourth-order valence-electron chi connectivity index (χ4n) is 1.86. The molecule has 5 nitrogen and oxygen atoms in total. The zero-order valence-electron chi connectivity index (χ0n) is 10.9. The monoisotopic (exact) mass is 262 g/mol. The molecule has 0 aliphatic heterocycles. The molecule has 3 N–H and O–H groups in total. The smallest absolute Gasteiger partial charge is 0.335 e. The van der Waals surface area contributed by atoms with Crippen LogP contribution in [0, 0.1) is 6.92 Å². The van der Waals surface area contributed by atoms with Crippen LogP contribution in [0.4, 0.5) is 5.69 Å². The molecule has 1 aromatic rings. The molecule has 1 aromatic carbocycles. The Bertz CT molecular complexity index is 495. The van der Waals surface area contributed by atoms with E-state index in [4.69, 9.17) is 5.11 Å². The number of carbonyl (C=O) groups excluding carboxylic acids is 1. The van der Waals surface area contributed by atoms with Gasteiger partial charge in [-0.3, -0.25) is 4.79 Å². The van der Waals surface area contributed by atoms with Gasteiger partial charge in [0.05, 0.1) is 5.56 Å². The Morgan fingerprint density at radius 2 is 2.11 bits per heavy atom. The van der Waals surface area contributed by atoms with Crippen LogP contribution in [0.2, 0.25) is 0 Å². The zero-order valence-corrected chi connectivity index (χ0v) is 10.9. The second-order valence-corrected chi connectivity index (χ2v) is 4.85. The summed E-state index contributed by atoms with van der Waals surface area (Å²) in [5.74, 6) is -0.860. The van der Waals surface area contributed by atoms with Crippen molar-refractivity contribution >= 4 is 17.6 Å². The fraction of sp³-hybridized carbons (Fsp3) is 0.429. The minimum atomic E-state index is -0.923. The number of aryl methyl sites for hydroxylation is 1. The molecule has 19 heavy (non-hydrogen) atoms. The molecule has 5 heteroatoms. The normalized spacial score (nSPS) is 13.9. The number of amides is 1. The molecule has 0 saturated heterocycles. The Labute approximate surface area is 112 Å². The first-order chi connectivity index (χ1) is 9.06. The molecular weight excluding hydrogens is 244 g/mol. The second-order valence-electron chi connectivity index (χ2n) is 4.85. The van der Waals surface area contributed by atoms with Gasteiger partial charge in [-0.25, -0.2) is 4.79 Å². The van der Waals surface area contributed by atoms with E-state index in [1.54, 1.807) is 25.1 Å². The molecule has 1 aliphatic rings. The zero-order chi connectivity index (χ0) is 13.8. The van der Waals surface area contributed by atoms with Crippen molar-refractivity contribution in [2.24, 2.45) is 0 Å². The standard InChI is InChI=1S/C14H18N2O3/c1-9-8-11(4-5-12(9)14(18)19)15-7-6-13(17)16-10-2-3-10/h4-5,8,10,15H,2-3,6-7H2,1H3,(H,16,17)(H,18,19). The van der Waals surface area contributed by atoms with Gasteiger partial charge in [0, 0.05) is 24.7 Å². The first-order valence-electron chi connectivity index (χ1n) is 6.43. The molecule has 1 fully saturated rings. The predicted molar refractivity (Wildman–Crippen MR) is 72.4 cm³/mol. The Balaban J connectivity index is 1.80. The lowest BCUT2D eigenvalue weighted by atomic mass is 10.1. The van der Waals surface area contributed by atoms with Crippen molar-refractivity contribution in [1.29, 1.82) is 0 Å². The molecule has 102 valence electrons. The molecule has 1 amide bonds. The number of nitrogens with one attached hydrogen (secondary N) is 2. The minimum absolute atomic E-state index is 0.0638. The third-order valence-corrected chi connectivity index (χ3v) is 3.08. The maximum absolute atomic E-state index is 11.5. The van der Waals surface area contributed by atoms with E-state index >= 15 is 0 Å². The summed E-state index contributed by atoms with van der Waals surface area (Å²) in [6.45, 7) is 2.30. The summed E-state index contributed by atoms with van der Waals surface area (Å²) in [5.41, 5.74) is 1.85. The molecular formula is C14H18N2O3. The van der Waals surface area contributed by atoms with Crippen molar-refractivity contribution in [3.8, 4) is 0 Å². The first kappa shape index (κ1) is 13.4. The number of anilines is 1. The fourth-order valence-corrected chi connectivity index (χ4v) is 1.86. The van der Waals surface area contributed by atoms with E-state index in [1.165, 1.54) is 0 Å². The van der Waals surface area contributed by atoms with Crippen LogP contribution < -0.4 is 10.6 Å². The number of rotatable bonds is 6. The van der Waals surface area contributed by atoms with Crippen molar-refractivity contribution < 1.29 is 14.7 Å². The van der Waals surface area contributed by atoms with Crippen LogP contribution in [0.5, 0.6) is 0 Å². The number of hydrogen-bond acceptors (Lipinski definition) is 3. The predicted octanol–water partition coefficient (Wildman–Crippen LogP) is 1.77. The summed E-state index contributed by atoms with van der Waals surface area (Å²) in [7, 11) is 0. The van der Waals surface area contributed by atoms with E-state index in [0.29, 0.717) is 30.1 Å². The first-order valence-corrected chi connectivity index (χ1v) is 6.43. The summed E-state index contributed by atoms with van der Waals surface area (Å²) in [6.07, 6.45) is 2.61. The molecule has 1 saturated carbocycles. The van der Waals surface area contributed by atoms with Crippen LogP contribution in [0.15, 0.2) is 18.2 Å².